The molecule has 2 nitrogen and oxygen atoms in total. The fourth-order valence-electron chi connectivity index (χ4n) is 1.27. The molecule has 1 rings (SSSR count). The molecule has 3 N–H and O–H groups in total. The molecule has 1 aromatic rings. The molecule has 0 heterocycles. The zero-order valence-electron chi connectivity index (χ0n) is 8.80. The Labute approximate surface area is 104 Å². The van der Waals surface area contributed by atoms with Gasteiger partial charge >= 0.3 is 0 Å². The molecule has 0 radical (unpaired) electrons. The van der Waals surface area contributed by atoms with E-state index in [1.165, 1.54) is 0 Å². The summed E-state index contributed by atoms with van der Waals surface area (Å²) in [7, 11) is 0. The first kappa shape index (κ1) is 13.0. The van der Waals surface area contributed by atoms with Crippen LogP contribution in [0.3, 0.4) is 0 Å². The van der Waals surface area contributed by atoms with Crippen LogP contribution in [0.4, 0.5) is 0 Å². The summed E-state index contributed by atoms with van der Waals surface area (Å²) in [4.78, 5) is 0. The van der Waals surface area contributed by atoms with Gasteiger partial charge in [-0.15, -0.1) is 0 Å². The van der Waals surface area contributed by atoms with Crippen molar-refractivity contribution < 1.29 is 5.11 Å². The first-order valence-corrected chi connectivity index (χ1v) is 5.87. The Bertz CT molecular complexity index is 354. The molecule has 0 aliphatic heterocycles. The molecule has 0 aromatic heterocycles. The molecule has 0 aliphatic carbocycles. The van der Waals surface area contributed by atoms with E-state index in [1.54, 1.807) is 6.07 Å². The molecule has 0 saturated carbocycles. The van der Waals surface area contributed by atoms with Crippen molar-refractivity contribution in [2.45, 2.75) is 19.9 Å². The molecule has 15 heavy (non-hydrogen) atoms. The Morgan fingerprint density at radius 3 is 2.60 bits per heavy atom. The highest BCUT2D eigenvalue weighted by atomic mass is 79.9. The molecule has 84 valence electrons. The molecule has 0 bridgehead atoms. The normalized spacial score (nSPS) is 14.0. The molecular formula is C11H15BrClNO. The molecule has 0 fully saturated rings. The van der Waals surface area contributed by atoms with E-state index < -0.39 is 0 Å². The van der Waals surface area contributed by atoms with Gasteiger partial charge in [-0.1, -0.05) is 47.4 Å². The minimum Gasteiger partial charge on any atom is -0.396 e. The predicted octanol–water partition coefficient (Wildman–Crippen LogP) is 3.12. The first-order valence-electron chi connectivity index (χ1n) is 4.70. The van der Waals surface area contributed by atoms with Crippen LogP contribution in [-0.4, -0.2) is 11.7 Å². The van der Waals surface area contributed by atoms with E-state index in [-0.39, 0.29) is 18.1 Å². The van der Waals surface area contributed by atoms with Crippen LogP contribution in [0.1, 0.15) is 25.5 Å². The number of hydrogen-bond donors (Lipinski definition) is 2. The van der Waals surface area contributed by atoms with Crippen molar-refractivity contribution in [3.63, 3.8) is 0 Å². The van der Waals surface area contributed by atoms with Gasteiger partial charge in [0.15, 0.2) is 0 Å². The highest BCUT2D eigenvalue weighted by molar-refractivity contribution is 9.10. The zero-order chi connectivity index (χ0) is 11.6. The average molecular weight is 293 g/mol. The van der Waals surface area contributed by atoms with E-state index in [0.29, 0.717) is 5.02 Å². The summed E-state index contributed by atoms with van der Waals surface area (Å²) in [5, 5.41) is 9.92. The Hall–Kier alpha value is -0.0900. The molecule has 0 spiro atoms. The third kappa shape index (κ3) is 2.94. The van der Waals surface area contributed by atoms with Gasteiger partial charge in [-0.3, -0.25) is 0 Å². The van der Waals surface area contributed by atoms with Gasteiger partial charge in [-0.2, -0.15) is 0 Å². The maximum Gasteiger partial charge on any atom is 0.0500 e. The molecule has 0 unspecified atom stereocenters. The van der Waals surface area contributed by atoms with E-state index in [9.17, 15) is 5.11 Å². The zero-order valence-corrected chi connectivity index (χ0v) is 11.1. The van der Waals surface area contributed by atoms with Gasteiger partial charge in [-0.25, -0.2) is 0 Å². The lowest BCUT2D eigenvalue weighted by Crippen LogP contribution is -2.32. The van der Waals surface area contributed by atoms with Crippen molar-refractivity contribution in [1.82, 2.24) is 0 Å². The summed E-state index contributed by atoms with van der Waals surface area (Å²) in [6, 6.07) is 5.27. The SMILES string of the molecule is CC(C)(CO)[C@@H](N)c1ccc(Cl)cc1Br. The van der Waals surface area contributed by atoms with Crippen LogP contribution in [0.25, 0.3) is 0 Å². The van der Waals surface area contributed by atoms with Gasteiger partial charge in [0.2, 0.25) is 0 Å². The number of halogens is 2. The Balaban J connectivity index is 3.06. The van der Waals surface area contributed by atoms with E-state index in [2.05, 4.69) is 15.9 Å². The molecule has 4 heteroatoms. The fraction of sp³-hybridized carbons (Fsp3) is 0.455. The van der Waals surface area contributed by atoms with Crippen molar-refractivity contribution in [2.75, 3.05) is 6.61 Å². The van der Waals surface area contributed by atoms with Crippen LogP contribution in [0, 0.1) is 5.41 Å². The molecule has 0 aliphatic rings. The summed E-state index contributed by atoms with van der Waals surface area (Å²) in [5.41, 5.74) is 6.71. The summed E-state index contributed by atoms with van der Waals surface area (Å²) in [6.07, 6.45) is 0. The molecular weight excluding hydrogens is 277 g/mol. The van der Waals surface area contributed by atoms with Gasteiger partial charge in [-0.05, 0) is 17.7 Å². The van der Waals surface area contributed by atoms with Gasteiger partial charge in [0, 0.05) is 27.6 Å². The monoisotopic (exact) mass is 291 g/mol. The smallest absolute Gasteiger partial charge is 0.0500 e. The van der Waals surface area contributed by atoms with Crippen molar-refractivity contribution in [3.8, 4) is 0 Å². The topological polar surface area (TPSA) is 46.2 Å². The summed E-state index contributed by atoms with van der Waals surface area (Å²) in [5.74, 6) is 0. The van der Waals surface area contributed by atoms with Crippen molar-refractivity contribution in [1.29, 1.82) is 0 Å². The number of nitrogens with two attached hydrogens (primary N) is 1. The highest BCUT2D eigenvalue weighted by Crippen LogP contribution is 2.35. The van der Waals surface area contributed by atoms with Gasteiger partial charge < -0.3 is 10.8 Å². The molecule has 1 aromatic carbocycles. The molecule has 1 atom stereocenters. The lowest BCUT2D eigenvalue weighted by molar-refractivity contribution is 0.132. The van der Waals surface area contributed by atoms with E-state index >= 15 is 0 Å². The number of rotatable bonds is 3. The lowest BCUT2D eigenvalue weighted by Gasteiger charge is -2.30. The van der Waals surface area contributed by atoms with E-state index in [1.807, 2.05) is 26.0 Å². The number of aliphatic hydroxyl groups is 1. The first-order chi connectivity index (χ1) is 6.88. The number of aliphatic hydroxyl groups excluding tert-OH is 1. The third-order valence-electron chi connectivity index (χ3n) is 2.55. The molecule has 0 amide bonds. The second-order valence-corrected chi connectivity index (χ2v) is 5.58. The van der Waals surface area contributed by atoms with Crippen molar-refractivity contribution in [2.24, 2.45) is 11.1 Å². The van der Waals surface area contributed by atoms with Crippen molar-refractivity contribution >= 4 is 27.5 Å². The number of benzene rings is 1. The van der Waals surface area contributed by atoms with Gasteiger partial charge in [0.25, 0.3) is 0 Å². The predicted molar refractivity (Wildman–Crippen MR) is 66.9 cm³/mol. The standard InChI is InChI=1S/C11H15BrClNO/c1-11(2,6-15)10(14)8-4-3-7(13)5-9(8)12/h3-5,10,15H,6,14H2,1-2H3/t10-/m0/s1. The van der Waals surface area contributed by atoms with Crippen LogP contribution in [0.2, 0.25) is 5.02 Å². The van der Waals surface area contributed by atoms with Gasteiger partial charge in [0.1, 0.15) is 0 Å². The average Bonchev–Trinajstić information content (AvgIpc) is 2.17. The Morgan fingerprint density at radius 1 is 1.53 bits per heavy atom. The van der Waals surface area contributed by atoms with Gasteiger partial charge in [0.05, 0.1) is 0 Å². The largest absolute Gasteiger partial charge is 0.396 e. The minimum atomic E-state index is -0.351. The minimum absolute atomic E-state index is 0.0449. The second-order valence-electron chi connectivity index (χ2n) is 4.29. The summed E-state index contributed by atoms with van der Waals surface area (Å²) in [6.45, 7) is 3.90. The lowest BCUT2D eigenvalue weighted by atomic mass is 9.82. The molecule has 0 saturated heterocycles. The second kappa shape index (κ2) is 4.83. The Morgan fingerprint density at radius 2 is 2.13 bits per heavy atom. The fourth-order valence-corrected chi connectivity index (χ4v) is 2.20. The quantitative estimate of drug-likeness (QED) is 0.899. The van der Waals surface area contributed by atoms with Crippen LogP contribution in [0.15, 0.2) is 22.7 Å². The maximum atomic E-state index is 9.25. The summed E-state index contributed by atoms with van der Waals surface area (Å²) >= 11 is 9.27. The van der Waals surface area contributed by atoms with Crippen LogP contribution >= 0.6 is 27.5 Å². The maximum absolute atomic E-state index is 9.25. The van der Waals surface area contributed by atoms with Crippen LogP contribution in [0.5, 0.6) is 0 Å². The van der Waals surface area contributed by atoms with Crippen molar-refractivity contribution in [3.05, 3.63) is 33.3 Å². The van der Waals surface area contributed by atoms with Crippen LogP contribution in [-0.2, 0) is 0 Å². The highest BCUT2D eigenvalue weighted by Gasteiger charge is 2.28. The van der Waals surface area contributed by atoms with E-state index in [0.717, 1.165) is 10.0 Å². The van der Waals surface area contributed by atoms with E-state index in [4.69, 9.17) is 17.3 Å². The third-order valence-corrected chi connectivity index (χ3v) is 3.47. The Kier molecular flexibility index (Phi) is 4.18. The number of hydrogen-bond acceptors (Lipinski definition) is 2. The van der Waals surface area contributed by atoms with Crippen LogP contribution < -0.4 is 5.73 Å². The summed E-state index contributed by atoms with van der Waals surface area (Å²) < 4.78 is 0.879.